The molecule has 0 unspecified atom stereocenters. The zero-order valence-electron chi connectivity index (χ0n) is 14.1. The van der Waals surface area contributed by atoms with Gasteiger partial charge in [0.25, 0.3) is 0 Å². The summed E-state index contributed by atoms with van der Waals surface area (Å²) >= 11 is 1.76. The summed E-state index contributed by atoms with van der Waals surface area (Å²) in [5.41, 5.74) is 10.6. The van der Waals surface area contributed by atoms with Crippen LogP contribution in [0.15, 0.2) is 46.2 Å². The SMILES string of the molecule is CCN(CC)CCn1nc2c3c(c(N)ccc31)Sc1ccccc1-2. The van der Waals surface area contributed by atoms with Gasteiger partial charge in [-0.05, 0) is 31.3 Å². The zero-order valence-corrected chi connectivity index (χ0v) is 14.9. The molecule has 2 N–H and O–H groups in total. The molecule has 0 spiro atoms. The lowest BCUT2D eigenvalue weighted by atomic mass is 10.1. The second-order valence-electron chi connectivity index (χ2n) is 6.07. The van der Waals surface area contributed by atoms with Gasteiger partial charge >= 0.3 is 0 Å². The van der Waals surface area contributed by atoms with Crippen LogP contribution in [0.25, 0.3) is 22.2 Å². The maximum Gasteiger partial charge on any atom is 0.103 e. The topological polar surface area (TPSA) is 47.1 Å². The van der Waals surface area contributed by atoms with Crippen molar-refractivity contribution in [2.45, 2.75) is 30.2 Å². The van der Waals surface area contributed by atoms with E-state index in [9.17, 15) is 0 Å². The van der Waals surface area contributed by atoms with Crippen molar-refractivity contribution in [2.75, 3.05) is 25.4 Å². The monoisotopic (exact) mass is 338 g/mol. The van der Waals surface area contributed by atoms with Crippen LogP contribution in [0, 0.1) is 0 Å². The smallest absolute Gasteiger partial charge is 0.103 e. The van der Waals surface area contributed by atoms with E-state index in [0.717, 1.165) is 42.5 Å². The van der Waals surface area contributed by atoms with Crippen molar-refractivity contribution in [3.63, 3.8) is 0 Å². The highest BCUT2D eigenvalue weighted by molar-refractivity contribution is 8.00. The summed E-state index contributed by atoms with van der Waals surface area (Å²) in [5.74, 6) is 0. The molecule has 0 atom stereocenters. The number of likely N-dealkylation sites (N-methyl/N-ethyl adjacent to an activating group) is 1. The Balaban J connectivity index is 1.84. The summed E-state index contributed by atoms with van der Waals surface area (Å²) in [6.07, 6.45) is 0. The Morgan fingerprint density at radius 1 is 1.12 bits per heavy atom. The number of benzene rings is 2. The van der Waals surface area contributed by atoms with Gasteiger partial charge in [-0.1, -0.05) is 43.8 Å². The number of nitrogens with zero attached hydrogens (tertiary/aromatic N) is 3. The molecule has 0 bridgehead atoms. The molecule has 124 valence electrons. The Kier molecular flexibility index (Phi) is 3.98. The number of hydrogen-bond acceptors (Lipinski definition) is 4. The van der Waals surface area contributed by atoms with E-state index >= 15 is 0 Å². The van der Waals surface area contributed by atoms with Gasteiger partial charge in [0, 0.05) is 33.0 Å². The predicted molar refractivity (Wildman–Crippen MR) is 101 cm³/mol. The van der Waals surface area contributed by atoms with E-state index in [-0.39, 0.29) is 0 Å². The van der Waals surface area contributed by atoms with Gasteiger partial charge in [-0.2, -0.15) is 5.10 Å². The van der Waals surface area contributed by atoms with Crippen molar-refractivity contribution < 1.29 is 0 Å². The molecule has 0 radical (unpaired) electrons. The van der Waals surface area contributed by atoms with Crippen LogP contribution in [0.5, 0.6) is 0 Å². The van der Waals surface area contributed by atoms with Crippen molar-refractivity contribution >= 4 is 28.4 Å². The van der Waals surface area contributed by atoms with Gasteiger partial charge in [0.2, 0.25) is 0 Å². The first-order valence-electron chi connectivity index (χ1n) is 8.51. The fourth-order valence-corrected chi connectivity index (χ4v) is 4.49. The van der Waals surface area contributed by atoms with Crippen molar-refractivity contribution in [3.8, 4) is 11.3 Å². The number of aromatic nitrogens is 2. The van der Waals surface area contributed by atoms with E-state index < -0.39 is 0 Å². The van der Waals surface area contributed by atoms with Crippen LogP contribution in [0.2, 0.25) is 0 Å². The van der Waals surface area contributed by atoms with Crippen LogP contribution < -0.4 is 5.73 Å². The van der Waals surface area contributed by atoms with Gasteiger partial charge in [0.15, 0.2) is 0 Å². The highest BCUT2D eigenvalue weighted by Gasteiger charge is 2.25. The van der Waals surface area contributed by atoms with Crippen molar-refractivity contribution in [3.05, 3.63) is 36.4 Å². The molecule has 0 aliphatic carbocycles. The number of nitrogen functional groups attached to an aromatic ring is 1. The molecule has 0 saturated heterocycles. The number of rotatable bonds is 5. The molecule has 5 heteroatoms. The zero-order chi connectivity index (χ0) is 16.7. The second-order valence-corrected chi connectivity index (χ2v) is 7.13. The molecule has 1 aromatic heterocycles. The van der Waals surface area contributed by atoms with E-state index in [1.165, 1.54) is 21.4 Å². The normalized spacial score (nSPS) is 12.8. The summed E-state index contributed by atoms with van der Waals surface area (Å²) in [6, 6.07) is 12.6. The Morgan fingerprint density at radius 3 is 2.71 bits per heavy atom. The molecule has 3 aromatic rings. The molecule has 24 heavy (non-hydrogen) atoms. The van der Waals surface area contributed by atoms with Crippen LogP contribution in [-0.2, 0) is 6.54 Å². The summed E-state index contributed by atoms with van der Waals surface area (Å²) in [5, 5.41) is 6.17. The van der Waals surface area contributed by atoms with Crippen LogP contribution >= 0.6 is 11.8 Å². The lowest BCUT2D eigenvalue weighted by molar-refractivity contribution is 0.287. The maximum atomic E-state index is 6.27. The Bertz CT molecular complexity index is 896. The quantitative estimate of drug-likeness (QED) is 0.557. The van der Waals surface area contributed by atoms with Gasteiger partial charge in [0.05, 0.1) is 12.1 Å². The molecular weight excluding hydrogens is 316 g/mol. The Morgan fingerprint density at radius 2 is 1.92 bits per heavy atom. The van der Waals surface area contributed by atoms with Crippen molar-refractivity contribution in [1.29, 1.82) is 0 Å². The molecule has 1 aliphatic heterocycles. The fraction of sp³-hybridized carbons (Fsp3) is 0.316. The second kappa shape index (κ2) is 6.15. The minimum atomic E-state index is 0.839. The van der Waals surface area contributed by atoms with Gasteiger partial charge in [-0.3, -0.25) is 4.68 Å². The third kappa shape index (κ3) is 2.39. The first-order chi connectivity index (χ1) is 11.7. The van der Waals surface area contributed by atoms with E-state index in [1.54, 1.807) is 11.8 Å². The molecule has 0 fully saturated rings. The standard InChI is InChI=1S/C19H22N4S/c1-3-22(4-2)11-12-23-15-10-9-14(20)19-17(15)18(21-23)13-7-5-6-8-16(13)24-19/h5-10H,3-4,11-12,20H2,1-2H3. The van der Waals surface area contributed by atoms with Crippen LogP contribution in [0.1, 0.15) is 13.8 Å². The summed E-state index contributed by atoms with van der Waals surface area (Å²) in [6.45, 7) is 8.46. The van der Waals surface area contributed by atoms with E-state index in [4.69, 9.17) is 10.8 Å². The molecule has 2 aromatic carbocycles. The average Bonchev–Trinajstić information content (AvgIpc) is 2.99. The van der Waals surface area contributed by atoms with E-state index in [0.29, 0.717) is 0 Å². The van der Waals surface area contributed by atoms with E-state index in [1.807, 2.05) is 6.07 Å². The minimum Gasteiger partial charge on any atom is -0.398 e. The number of fused-ring (bicyclic) bond motifs is 2. The third-order valence-corrected chi connectivity index (χ3v) is 6.00. The third-order valence-electron chi connectivity index (χ3n) is 4.78. The highest BCUT2D eigenvalue weighted by Crippen LogP contribution is 2.49. The lowest BCUT2D eigenvalue weighted by Crippen LogP contribution is -2.27. The minimum absolute atomic E-state index is 0.839. The largest absolute Gasteiger partial charge is 0.398 e. The molecule has 1 aliphatic rings. The summed E-state index contributed by atoms with van der Waals surface area (Å²) < 4.78 is 2.15. The predicted octanol–water partition coefficient (Wildman–Crippen LogP) is 4.09. The van der Waals surface area contributed by atoms with Crippen LogP contribution in [0.3, 0.4) is 0 Å². The Hall–Kier alpha value is -1.98. The number of nitrogens with two attached hydrogens (primary N) is 1. The maximum absolute atomic E-state index is 6.27. The summed E-state index contributed by atoms with van der Waals surface area (Å²) in [7, 11) is 0. The molecule has 0 amide bonds. The molecule has 0 saturated carbocycles. The van der Waals surface area contributed by atoms with Gasteiger partial charge in [-0.15, -0.1) is 0 Å². The summed E-state index contributed by atoms with van der Waals surface area (Å²) in [4.78, 5) is 4.81. The van der Waals surface area contributed by atoms with Gasteiger partial charge in [0.1, 0.15) is 5.69 Å². The molecule has 4 nitrogen and oxygen atoms in total. The lowest BCUT2D eigenvalue weighted by Gasteiger charge is -2.18. The first-order valence-corrected chi connectivity index (χ1v) is 9.33. The highest BCUT2D eigenvalue weighted by atomic mass is 32.2. The molecule has 2 heterocycles. The van der Waals surface area contributed by atoms with Crippen LogP contribution in [-0.4, -0.2) is 34.3 Å². The molecule has 4 rings (SSSR count). The fourth-order valence-electron chi connectivity index (χ4n) is 3.36. The number of hydrogen-bond donors (Lipinski definition) is 1. The first kappa shape index (κ1) is 15.5. The van der Waals surface area contributed by atoms with Crippen molar-refractivity contribution in [2.24, 2.45) is 0 Å². The number of anilines is 1. The van der Waals surface area contributed by atoms with Crippen LogP contribution in [0.4, 0.5) is 5.69 Å². The Labute approximate surface area is 146 Å². The van der Waals surface area contributed by atoms with Gasteiger partial charge in [-0.25, -0.2) is 0 Å². The van der Waals surface area contributed by atoms with Gasteiger partial charge < -0.3 is 10.6 Å². The average molecular weight is 338 g/mol. The molecular formula is C19H22N4S. The van der Waals surface area contributed by atoms with E-state index in [2.05, 4.69) is 53.8 Å². The van der Waals surface area contributed by atoms with Crippen molar-refractivity contribution in [1.82, 2.24) is 14.7 Å².